The lowest BCUT2D eigenvalue weighted by atomic mass is 10.1. The van der Waals surface area contributed by atoms with Gasteiger partial charge in [0.15, 0.2) is 9.84 Å². The van der Waals surface area contributed by atoms with E-state index in [0.29, 0.717) is 22.8 Å². The molecule has 0 aliphatic carbocycles. The third-order valence-electron chi connectivity index (χ3n) is 5.16. The Bertz CT molecular complexity index is 1410. The molecule has 0 aliphatic heterocycles. The molecule has 0 unspecified atom stereocenters. The predicted octanol–water partition coefficient (Wildman–Crippen LogP) is 4.51. The first-order valence-electron chi connectivity index (χ1n) is 10.2. The van der Waals surface area contributed by atoms with Crippen molar-refractivity contribution in [1.82, 2.24) is 9.78 Å². The summed E-state index contributed by atoms with van der Waals surface area (Å²) in [5, 5.41) is 7.62. The Labute approximate surface area is 192 Å². The van der Waals surface area contributed by atoms with Crippen molar-refractivity contribution in [2.45, 2.75) is 11.8 Å². The second-order valence-corrected chi connectivity index (χ2v) is 9.63. The molecule has 168 valence electrons. The fraction of sp³-hybridized carbons (Fsp3) is 0.120. The zero-order chi connectivity index (χ0) is 23.6. The zero-order valence-corrected chi connectivity index (χ0v) is 19.3. The summed E-state index contributed by atoms with van der Waals surface area (Å²) in [4.78, 5) is 13.1. The summed E-state index contributed by atoms with van der Waals surface area (Å²) in [5.74, 6) is 0.757. The van der Waals surface area contributed by atoms with Crippen molar-refractivity contribution in [3.63, 3.8) is 0 Å². The third-order valence-corrected chi connectivity index (χ3v) is 6.29. The van der Waals surface area contributed by atoms with Crippen LogP contribution in [-0.4, -0.2) is 37.5 Å². The minimum absolute atomic E-state index is 0.155. The van der Waals surface area contributed by atoms with Gasteiger partial charge in [0.05, 0.1) is 23.4 Å². The maximum atomic E-state index is 13.0. The average molecular weight is 462 g/mol. The molecule has 8 heteroatoms. The van der Waals surface area contributed by atoms with Crippen LogP contribution in [0.2, 0.25) is 0 Å². The Morgan fingerprint density at radius 2 is 1.64 bits per heavy atom. The highest BCUT2D eigenvalue weighted by atomic mass is 32.2. The molecule has 4 rings (SSSR count). The van der Waals surface area contributed by atoms with E-state index in [1.165, 1.54) is 24.3 Å². The largest absolute Gasteiger partial charge is 0.496 e. The van der Waals surface area contributed by atoms with Crippen LogP contribution in [0.4, 0.5) is 5.82 Å². The fourth-order valence-corrected chi connectivity index (χ4v) is 4.01. The highest BCUT2D eigenvalue weighted by Gasteiger charge is 2.17. The van der Waals surface area contributed by atoms with Gasteiger partial charge in [-0.1, -0.05) is 29.8 Å². The van der Waals surface area contributed by atoms with Gasteiger partial charge in [-0.3, -0.25) is 4.79 Å². The van der Waals surface area contributed by atoms with Gasteiger partial charge in [0.1, 0.15) is 11.6 Å². The van der Waals surface area contributed by atoms with Crippen LogP contribution in [0.25, 0.3) is 16.9 Å². The van der Waals surface area contributed by atoms with E-state index in [0.717, 1.165) is 23.1 Å². The number of para-hydroxylation sites is 1. The smallest absolute Gasteiger partial charge is 0.256 e. The molecule has 0 saturated heterocycles. The van der Waals surface area contributed by atoms with Crippen molar-refractivity contribution >= 4 is 21.6 Å². The molecule has 0 aliphatic rings. The molecular formula is C25H23N3O4S. The maximum absolute atomic E-state index is 13.0. The maximum Gasteiger partial charge on any atom is 0.256 e. The number of anilines is 1. The summed E-state index contributed by atoms with van der Waals surface area (Å²) in [5.41, 5.74) is 3.64. The van der Waals surface area contributed by atoms with Crippen molar-refractivity contribution in [3.05, 3.63) is 90.0 Å². The van der Waals surface area contributed by atoms with Gasteiger partial charge in [-0.25, -0.2) is 13.1 Å². The first kappa shape index (κ1) is 22.3. The van der Waals surface area contributed by atoms with Gasteiger partial charge < -0.3 is 10.1 Å². The number of aromatic nitrogens is 2. The molecule has 1 amide bonds. The molecule has 4 aromatic rings. The normalized spacial score (nSPS) is 11.2. The monoisotopic (exact) mass is 461 g/mol. The number of benzene rings is 3. The first-order chi connectivity index (χ1) is 15.8. The van der Waals surface area contributed by atoms with Gasteiger partial charge in [0.2, 0.25) is 0 Å². The van der Waals surface area contributed by atoms with Gasteiger partial charge in [-0.2, -0.15) is 5.10 Å². The Hall–Kier alpha value is -3.91. The Morgan fingerprint density at radius 1 is 0.970 bits per heavy atom. The van der Waals surface area contributed by atoms with Crippen molar-refractivity contribution < 1.29 is 17.9 Å². The molecule has 0 saturated carbocycles. The standard InChI is InChI=1S/C25H23N3O4S/c1-17-8-12-19(13-9-17)28-24(16-22(27-28)21-6-4-5-7-23(21)32-2)26-25(29)18-10-14-20(15-11-18)33(3,30)31/h4-16H,1-3H3,(H,26,29). The highest BCUT2D eigenvalue weighted by molar-refractivity contribution is 7.90. The number of rotatable bonds is 6. The summed E-state index contributed by atoms with van der Waals surface area (Å²) in [6, 6.07) is 22.9. The number of carbonyl (C=O) groups is 1. The van der Waals surface area contributed by atoms with Gasteiger partial charge in [0.25, 0.3) is 5.91 Å². The van der Waals surface area contributed by atoms with E-state index in [9.17, 15) is 13.2 Å². The lowest BCUT2D eigenvalue weighted by Gasteiger charge is -2.09. The van der Waals surface area contributed by atoms with Crippen molar-refractivity contribution in [2.75, 3.05) is 18.7 Å². The second-order valence-electron chi connectivity index (χ2n) is 7.61. The van der Waals surface area contributed by atoms with E-state index in [-0.39, 0.29) is 10.8 Å². The van der Waals surface area contributed by atoms with E-state index in [1.807, 2.05) is 55.5 Å². The second kappa shape index (κ2) is 8.91. The number of carbonyl (C=O) groups excluding carboxylic acids is 1. The predicted molar refractivity (Wildman–Crippen MR) is 128 cm³/mol. The van der Waals surface area contributed by atoms with Crippen LogP contribution in [0.5, 0.6) is 5.75 Å². The number of ether oxygens (including phenoxy) is 1. The van der Waals surface area contributed by atoms with Crippen molar-refractivity contribution in [1.29, 1.82) is 0 Å². The lowest BCUT2D eigenvalue weighted by molar-refractivity contribution is 0.102. The lowest BCUT2D eigenvalue weighted by Crippen LogP contribution is -2.15. The average Bonchev–Trinajstić information content (AvgIpc) is 3.22. The van der Waals surface area contributed by atoms with E-state index in [2.05, 4.69) is 5.32 Å². The minimum Gasteiger partial charge on any atom is -0.496 e. The molecule has 0 fully saturated rings. The van der Waals surface area contributed by atoms with Crippen LogP contribution >= 0.6 is 0 Å². The molecule has 0 radical (unpaired) electrons. The van der Waals surface area contributed by atoms with E-state index in [4.69, 9.17) is 9.84 Å². The summed E-state index contributed by atoms with van der Waals surface area (Å²) in [6.45, 7) is 2.00. The van der Waals surface area contributed by atoms with E-state index in [1.54, 1.807) is 17.9 Å². The molecule has 7 nitrogen and oxygen atoms in total. The number of hydrogen-bond acceptors (Lipinski definition) is 5. The molecule has 1 aromatic heterocycles. The minimum atomic E-state index is -3.34. The van der Waals surface area contributed by atoms with Gasteiger partial charge >= 0.3 is 0 Å². The molecule has 1 N–H and O–H groups in total. The number of nitrogens with one attached hydrogen (secondary N) is 1. The number of aryl methyl sites for hydroxylation is 1. The molecule has 0 atom stereocenters. The van der Waals surface area contributed by atoms with Gasteiger partial charge in [-0.05, 0) is 55.5 Å². The van der Waals surface area contributed by atoms with E-state index >= 15 is 0 Å². The molecule has 0 bridgehead atoms. The number of methoxy groups -OCH3 is 1. The quantitative estimate of drug-likeness (QED) is 0.456. The third kappa shape index (κ3) is 4.80. The van der Waals surface area contributed by atoms with Crippen LogP contribution < -0.4 is 10.1 Å². The SMILES string of the molecule is COc1ccccc1-c1cc(NC(=O)c2ccc(S(C)(=O)=O)cc2)n(-c2ccc(C)cc2)n1. The van der Waals surface area contributed by atoms with Crippen LogP contribution in [0.1, 0.15) is 15.9 Å². The van der Waals surface area contributed by atoms with Gasteiger partial charge in [0, 0.05) is 23.4 Å². The Morgan fingerprint density at radius 3 is 2.27 bits per heavy atom. The molecule has 3 aromatic carbocycles. The molecule has 0 spiro atoms. The highest BCUT2D eigenvalue weighted by Crippen LogP contribution is 2.31. The van der Waals surface area contributed by atoms with Crippen molar-refractivity contribution in [3.8, 4) is 22.7 Å². The summed E-state index contributed by atoms with van der Waals surface area (Å²) in [7, 11) is -1.75. The van der Waals surface area contributed by atoms with Crippen LogP contribution in [0, 0.1) is 6.92 Å². The van der Waals surface area contributed by atoms with Gasteiger partial charge in [-0.15, -0.1) is 0 Å². The number of nitrogens with zero attached hydrogens (tertiary/aromatic N) is 2. The Kier molecular flexibility index (Phi) is 6.02. The van der Waals surface area contributed by atoms with Crippen LogP contribution in [0.3, 0.4) is 0 Å². The molecule has 1 heterocycles. The first-order valence-corrected chi connectivity index (χ1v) is 12.1. The topological polar surface area (TPSA) is 90.3 Å². The Balaban J connectivity index is 1.74. The summed E-state index contributed by atoms with van der Waals surface area (Å²) < 4.78 is 30.5. The number of sulfone groups is 1. The van der Waals surface area contributed by atoms with E-state index < -0.39 is 9.84 Å². The molecule has 33 heavy (non-hydrogen) atoms. The van der Waals surface area contributed by atoms with Crippen LogP contribution in [-0.2, 0) is 9.84 Å². The number of amides is 1. The number of hydrogen-bond donors (Lipinski definition) is 1. The van der Waals surface area contributed by atoms with Crippen molar-refractivity contribution in [2.24, 2.45) is 0 Å². The summed E-state index contributed by atoms with van der Waals surface area (Å²) >= 11 is 0. The van der Waals surface area contributed by atoms with Crippen LogP contribution in [0.15, 0.2) is 83.8 Å². The zero-order valence-electron chi connectivity index (χ0n) is 18.4. The molecular weight excluding hydrogens is 438 g/mol. The fourth-order valence-electron chi connectivity index (χ4n) is 3.38. The summed E-state index contributed by atoms with van der Waals surface area (Å²) in [6.07, 6.45) is 1.13.